The van der Waals surface area contributed by atoms with E-state index in [-0.39, 0.29) is 27.4 Å². The van der Waals surface area contributed by atoms with Crippen LogP contribution in [0.4, 0.5) is 8.78 Å². The third-order valence-corrected chi connectivity index (χ3v) is 4.75. The van der Waals surface area contributed by atoms with E-state index in [4.69, 9.17) is 17.0 Å². The number of nitrogens with one attached hydrogen (secondary N) is 1. The molecule has 0 bridgehead atoms. The number of ether oxygens (including phenoxy) is 1. The van der Waals surface area contributed by atoms with Gasteiger partial charge in [0.25, 0.3) is 12.0 Å². The van der Waals surface area contributed by atoms with Crippen molar-refractivity contribution in [2.75, 3.05) is 7.11 Å². The van der Waals surface area contributed by atoms with Crippen LogP contribution in [0.3, 0.4) is 0 Å². The number of aromatic amines is 1. The van der Waals surface area contributed by atoms with Crippen molar-refractivity contribution < 1.29 is 13.5 Å². The lowest BCUT2D eigenvalue weighted by molar-refractivity contribution is 0.153. The normalized spacial score (nSPS) is 14.2. The van der Waals surface area contributed by atoms with E-state index < -0.39 is 12.0 Å². The quantitative estimate of drug-likeness (QED) is 0.687. The SMILES string of the molecule is COc1ccccc1-c1cc(C(F)F)c2c(=O)[nH]c(=S)n(C3CC3)c2n1. The van der Waals surface area contributed by atoms with Crippen molar-refractivity contribution in [3.8, 4) is 17.0 Å². The zero-order chi connectivity index (χ0) is 18.4. The maximum Gasteiger partial charge on any atom is 0.264 e. The Morgan fingerprint density at radius 2 is 2.08 bits per heavy atom. The highest BCUT2D eigenvalue weighted by Gasteiger charge is 2.29. The first-order valence-electron chi connectivity index (χ1n) is 8.12. The Kier molecular flexibility index (Phi) is 4.07. The van der Waals surface area contributed by atoms with Crippen molar-refractivity contribution in [1.82, 2.24) is 14.5 Å². The fraction of sp³-hybridized carbons (Fsp3) is 0.278. The van der Waals surface area contributed by atoms with Crippen LogP contribution in [-0.2, 0) is 0 Å². The van der Waals surface area contributed by atoms with Crippen molar-refractivity contribution >= 4 is 23.3 Å². The van der Waals surface area contributed by atoms with E-state index in [0.717, 1.165) is 12.8 Å². The topological polar surface area (TPSA) is 59.9 Å². The van der Waals surface area contributed by atoms with Crippen molar-refractivity contribution in [2.24, 2.45) is 0 Å². The second-order valence-electron chi connectivity index (χ2n) is 6.16. The van der Waals surface area contributed by atoms with Crippen molar-refractivity contribution in [2.45, 2.75) is 25.3 Å². The fourth-order valence-electron chi connectivity index (χ4n) is 3.11. The van der Waals surface area contributed by atoms with Gasteiger partial charge >= 0.3 is 0 Å². The van der Waals surface area contributed by atoms with Gasteiger partial charge in [-0.1, -0.05) is 12.1 Å². The molecule has 0 unspecified atom stereocenters. The molecule has 0 saturated heterocycles. The number of H-pyrrole nitrogens is 1. The number of rotatable bonds is 4. The predicted molar refractivity (Wildman–Crippen MR) is 96.4 cm³/mol. The van der Waals surface area contributed by atoms with Gasteiger partial charge in [-0.25, -0.2) is 13.8 Å². The van der Waals surface area contributed by atoms with Crippen molar-refractivity contribution in [3.05, 3.63) is 51.0 Å². The molecule has 4 rings (SSSR count). The first-order chi connectivity index (χ1) is 12.5. The molecule has 2 aromatic heterocycles. The summed E-state index contributed by atoms with van der Waals surface area (Å²) >= 11 is 5.26. The molecule has 2 heterocycles. The van der Waals surface area contributed by atoms with Crippen LogP contribution in [0.25, 0.3) is 22.3 Å². The van der Waals surface area contributed by atoms with Crippen molar-refractivity contribution in [1.29, 1.82) is 0 Å². The number of hydrogen-bond acceptors (Lipinski definition) is 4. The van der Waals surface area contributed by atoms with Gasteiger partial charge in [-0.2, -0.15) is 0 Å². The minimum Gasteiger partial charge on any atom is -0.496 e. The Bertz CT molecular complexity index is 1120. The molecular formula is C18H15F2N3O2S. The number of hydrogen-bond donors (Lipinski definition) is 1. The summed E-state index contributed by atoms with van der Waals surface area (Å²) in [5.74, 6) is 0.515. The van der Waals surface area contributed by atoms with Crippen LogP contribution in [0.2, 0.25) is 0 Å². The summed E-state index contributed by atoms with van der Waals surface area (Å²) in [6, 6.07) is 8.36. The fourth-order valence-corrected chi connectivity index (χ4v) is 3.44. The zero-order valence-corrected chi connectivity index (χ0v) is 14.6. The highest BCUT2D eigenvalue weighted by atomic mass is 32.1. The number of aromatic nitrogens is 3. The summed E-state index contributed by atoms with van der Waals surface area (Å²) in [6.07, 6.45) is -1.07. The van der Waals surface area contributed by atoms with E-state index in [1.54, 1.807) is 28.8 Å². The Hall–Kier alpha value is -2.61. The van der Waals surface area contributed by atoms with Gasteiger partial charge in [-0.05, 0) is 43.3 Å². The van der Waals surface area contributed by atoms with Gasteiger partial charge in [0.1, 0.15) is 11.4 Å². The highest BCUT2D eigenvalue weighted by molar-refractivity contribution is 7.71. The number of methoxy groups -OCH3 is 1. The number of nitrogens with zero attached hydrogens (tertiary/aromatic N) is 2. The summed E-state index contributed by atoms with van der Waals surface area (Å²) in [5.41, 5.74) is 0.0878. The Balaban J connectivity index is 2.13. The number of pyridine rings is 1. The summed E-state index contributed by atoms with van der Waals surface area (Å²) in [6.45, 7) is 0. The first-order valence-corrected chi connectivity index (χ1v) is 8.53. The molecule has 3 aromatic rings. The molecule has 8 heteroatoms. The summed E-state index contributed by atoms with van der Waals surface area (Å²) < 4.78 is 34.7. The highest BCUT2D eigenvalue weighted by Crippen LogP contribution is 2.39. The van der Waals surface area contributed by atoms with Crippen LogP contribution < -0.4 is 10.3 Å². The number of benzene rings is 1. The molecule has 1 aliphatic rings. The largest absolute Gasteiger partial charge is 0.496 e. The molecule has 1 aliphatic carbocycles. The minimum absolute atomic E-state index is 0.0767. The number of fused-ring (bicyclic) bond motifs is 1. The zero-order valence-electron chi connectivity index (χ0n) is 13.8. The molecular weight excluding hydrogens is 360 g/mol. The molecule has 1 aromatic carbocycles. The van der Waals surface area contributed by atoms with Gasteiger partial charge in [0.2, 0.25) is 0 Å². The average molecular weight is 375 g/mol. The van der Waals surface area contributed by atoms with Gasteiger partial charge < -0.3 is 4.74 Å². The van der Waals surface area contributed by atoms with Crippen LogP contribution in [-0.4, -0.2) is 21.6 Å². The van der Waals surface area contributed by atoms with Gasteiger partial charge in [0.05, 0.1) is 18.2 Å². The minimum atomic E-state index is -2.82. The first kappa shape index (κ1) is 16.8. The third kappa shape index (κ3) is 2.70. The molecule has 1 fully saturated rings. The maximum atomic E-state index is 13.8. The lowest BCUT2D eigenvalue weighted by Gasteiger charge is -2.15. The Morgan fingerprint density at radius 1 is 1.35 bits per heavy atom. The van der Waals surface area contributed by atoms with Crippen LogP contribution in [0.1, 0.15) is 30.9 Å². The Labute approximate surface area is 152 Å². The van der Waals surface area contributed by atoms with E-state index in [1.807, 2.05) is 0 Å². The van der Waals surface area contributed by atoms with Gasteiger partial charge in [-0.3, -0.25) is 14.3 Å². The molecule has 5 nitrogen and oxygen atoms in total. The molecule has 0 atom stereocenters. The van der Waals surface area contributed by atoms with Gasteiger partial charge in [0, 0.05) is 17.2 Å². The lowest BCUT2D eigenvalue weighted by atomic mass is 10.1. The average Bonchev–Trinajstić information content (AvgIpc) is 3.45. The maximum absolute atomic E-state index is 13.8. The predicted octanol–water partition coefficient (Wildman–Crippen LogP) is 4.40. The van der Waals surface area contributed by atoms with E-state index in [9.17, 15) is 13.6 Å². The molecule has 1 N–H and O–H groups in total. The molecule has 0 amide bonds. The summed E-state index contributed by atoms with van der Waals surface area (Å²) in [4.78, 5) is 19.4. The van der Waals surface area contributed by atoms with Crippen LogP contribution >= 0.6 is 12.2 Å². The third-order valence-electron chi connectivity index (χ3n) is 4.46. The van der Waals surface area contributed by atoms with E-state index >= 15 is 0 Å². The van der Waals surface area contributed by atoms with Crippen LogP contribution in [0.5, 0.6) is 5.75 Å². The summed E-state index contributed by atoms with van der Waals surface area (Å²) in [5, 5.41) is -0.112. The Morgan fingerprint density at radius 3 is 2.73 bits per heavy atom. The summed E-state index contributed by atoms with van der Waals surface area (Å²) in [7, 11) is 1.50. The number of alkyl halides is 2. The van der Waals surface area contributed by atoms with Crippen molar-refractivity contribution in [3.63, 3.8) is 0 Å². The van der Waals surface area contributed by atoms with Gasteiger partial charge in [0.15, 0.2) is 4.77 Å². The van der Waals surface area contributed by atoms with Gasteiger partial charge in [-0.15, -0.1) is 0 Å². The van der Waals surface area contributed by atoms with E-state index in [0.29, 0.717) is 17.0 Å². The second-order valence-corrected chi connectivity index (χ2v) is 6.54. The smallest absolute Gasteiger partial charge is 0.264 e. The molecule has 0 aliphatic heterocycles. The van der Waals surface area contributed by atoms with E-state index in [1.165, 1.54) is 13.2 Å². The standard InChI is InChI=1S/C18H15F2N3O2S/c1-25-13-5-3-2-4-10(13)12-8-11(15(19)20)14-16(21-12)23(9-6-7-9)18(26)22-17(14)24/h2-5,8-9,15H,6-7H2,1H3,(H,22,24,26). The molecule has 0 spiro atoms. The molecule has 1 saturated carbocycles. The lowest BCUT2D eigenvalue weighted by Crippen LogP contribution is -2.17. The number of para-hydroxylation sites is 1. The molecule has 0 radical (unpaired) electrons. The molecule has 26 heavy (non-hydrogen) atoms. The van der Waals surface area contributed by atoms with Crippen LogP contribution in [0, 0.1) is 4.77 Å². The van der Waals surface area contributed by atoms with Crippen LogP contribution in [0.15, 0.2) is 35.1 Å². The van der Waals surface area contributed by atoms with E-state index in [2.05, 4.69) is 9.97 Å². The molecule has 134 valence electrons. The monoisotopic (exact) mass is 375 g/mol. The second kappa shape index (κ2) is 6.28. The number of halogens is 2.